The van der Waals surface area contributed by atoms with Crippen LogP contribution in [-0.2, 0) is 12.8 Å². The standard InChI is InChI=1S/C24H23ClN2O4S/c1-30-16-11-12-18(19(13-16)31-2)26-23(29)21-17-5-3-4-6-20(17)32-24(21)27-22(28)14-7-9-15(25)10-8-14/h7-13H,3-6H2,1-2H3,(H,26,29)(H,27,28). The van der Waals surface area contributed by atoms with Crippen LogP contribution in [0.25, 0.3) is 0 Å². The van der Waals surface area contributed by atoms with E-state index in [1.54, 1.807) is 49.6 Å². The molecular formula is C24H23ClN2O4S. The van der Waals surface area contributed by atoms with E-state index in [0.717, 1.165) is 36.1 Å². The first-order valence-corrected chi connectivity index (χ1v) is 11.4. The van der Waals surface area contributed by atoms with Crippen LogP contribution in [0.3, 0.4) is 0 Å². The molecule has 0 radical (unpaired) electrons. The number of halogens is 1. The van der Waals surface area contributed by atoms with Crippen molar-refractivity contribution < 1.29 is 19.1 Å². The second-order valence-electron chi connectivity index (χ2n) is 7.40. The first-order chi connectivity index (χ1) is 15.5. The van der Waals surface area contributed by atoms with Crippen LogP contribution in [-0.4, -0.2) is 26.0 Å². The number of aryl methyl sites for hydroxylation is 1. The lowest BCUT2D eigenvalue weighted by Crippen LogP contribution is -2.19. The van der Waals surface area contributed by atoms with Crippen molar-refractivity contribution in [1.29, 1.82) is 0 Å². The lowest BCUT2D eigenvalue weighted by molar-refractivity contribution is 0.102. The summed E-state index contributed by atoms with van der Waals surface area (Å²) in [4.78, 5) is 27.4. The molecule has 0 spiro atoms. The van der Waals surface area contributed by atoms with Gasteiger partial charge in [-0.15, -0.1) is 11.3 Å². The van der Waals surface area contributed by atoms with E-state index in [0.29, 0.717) is 38.3 Å². The summed E-state index contributed by atoms with van der Waals surface area (Å²) in [5.74, 6) is 0.563. The van der Waals surface area contributed by atoms with Gasteiger partial charge in [0, 0.05) is 21.5 Å². The topological polar surface area (TPSA) is 76.7 Å². The van der Waals surface area contributed by atoms with Crippen LogP contribution in [0.5, 0.6) is 11.5 Å². The molecule has 1 aliphatic carbocycles. The first-order valence-electron chi connectivity index (χ1n) is 10.2. The summed E-state index contributed by atoms with van der Waals surface area (Å²) in [5.41, 5.74) is 2.54. The molecule has 0 fully saturated rings. The third-order valence-corrected chi connectivity index (χ3v) is 6.85. The molecule has 1 aliphatic rings. The number of carbonyl (C=O) groups excluding carboxylic acids is 2. The van der Waals surface area contributed by atoms with Crippen molar-refractivity contribution in [2.45, 2.75) is 25.7 Å². The van der Waals surface area contributed by atoms with Crippen molar-refractivity contribution in [2.24, 2.45) is 0 Å². The van der Waals surface area contributed by atoms with Crippen LogP contribution in [0.2, 0.25) is 5.02 Å². The summed E-state index contributed by atoms with van der Waals surface area (Å²) in [6, 6.07) is 11.9. The summed E-state index contributed by atoms with van der Waals surface area (Å²) in [6.45, 7) is 0. The molecule has 0 unspecified atom stereocenters. The number of methoxy groups -OCH3 is 2. The van der Waals surface area contributed by atoms with Crippen molar-refractivity contribution in [3.8, 4) is 11.5 Å². The maximum Gasteiger partial charge on any atom is 0.259 e. The highest BCUT2D eigenvalue weighted by molar-refractivity contribution is 7.17. The molecule has 1 aromatic heterocycles. The van der Waals surface area contributed by atoms with E-state index in [9.17, 15) is 9.59 Å². The highest BCUT2D eigenvalue weighted by Crippen LogP contribution is 2.39. The van der Waals surface area contributed by atoms with Gasteiger partial charge >= 0.3 is 0 Å². The normalized spacial score (nSPS) is 12.6. The van der Waals surface area contributed by atoms with Gasteiger partial charge in [0.1, 0.15) is 16.5 Å². The van der Waals surface area contributed by atoms with Gasteiger partial charge in [0.05, 0.1) is 25.5 Å². The van der Waals surface area contributed by atoms with Crippen LogP contribution in [0, 0.1) is 0 Å². The number of hydrogen-bond donors (Lipinski definition) is 2. The van der Waals surface area contributed by atoms with Gasteiger partial charge in [-0.1, -0.05) is 11.6 Å². The number of amides is 2. The number of ether oxygens (including phenoxy) is 2. The molecule has 0 saturated heterocycles. The molecule has 0 atom stereocenters. The Hall–Kier alpha value is -3.03. The summed E-state index contributed by atoms with van der Waals surface area (Å²) < 4.78 is 10.6. The van der Waals surface area contributed by atoms with E-state index in [1.807, 2.05) is 0 Å². The second kappa shape index (κ2) is 9.63. The predicted octanol–water partition coefficient (Wildman–Crippen LogP) is 5.80. The van der Waals surface area contributed by atoms with Crippen LogP contribution in [0.1, 0.15) is 44.0 Å². The Kier molecular flexibility index (Phi) is 6.67. The quantitative estimate of drug-likeness (QED) is 0.477. The zero-order valence-electron chi connectivity index (χ0n) is 17.8. The van der Waals surface area contributed by atoms with Crippen molar-refractivity contribution in [1.82, 2.24) is 0 Å². The maximum absolute atomic E-state index is 13.4. The minimum Gasteiger partial charge on any atom is -0.497 e. The summed E-state index contributed by atoms with van der Waals surface area (Å²) in [6.07, 6.45) is 3.81. The Labute approximate surface area is 195 Å². The van der Waals surface area contributed by atoms with Gasteiger partial charge in [-0.05, 0) is 67.6 Å². The minimum absolute atomic E-state index is 0.278. The molecule has 1 heterocycles. The fourth-order valence-corrected chi connectivity index (χ4v) is 5.17. The monoisotopic (exact) mass is 470 g/mol. The number of thiophene rings is 1. The van der Waals surface area contributed by atoms with E-state index < -0.39 is 0 Å². The average Bonchev–Trinajstić information content (AvgIpc) is 3.17. The number of hydrogen-bond acceptors (Lipinski definition) is 5. The van der Waals surface area contributed by atoms with E-state index in [2.05, 4.69) is 10.6 Å². The van der Waals surface area contributed by atoms with Gasteiger partial charge in [0.2, 0.25) is 0 Å². The maximum atomic E-state index is 13.4. The zero-order valence-corrected chi connectivity index (χ0v) is 19.4. The van der Waals surface area contributed by atoms with Gasteiger partial charge in [0.15, 0.2) is 0 Å². The molecule has 4 rings (SSSR count). The Bertz CT molecular complexity index is 1160. The van der Waals surface area contributed by atoms with Gasteiger partial charge in [0.25, 0.3) is 11.8 Å². The molecule has 0 saturated carbocycles. The van der Waals surface area contributed by atoms with E-state index >= 15 is 0 Å². The first kappa shape index (κ1) is 22.2. The summed E-state index contributed by atoms with van der Waals surface area (Å²) in [7, 11) is 3.11. The molecule has 32 heavy (non-hydrogen) atoms. The molecule has 166 valence electrons. The third-order valence-electron chi connectivity index (χ3n) is 5.39. The Morgan fingerprint density at radius 1 is 0.938 bits per heavy atom. The van der Waals surface area contributed by atoms with Crippen LogP contribution < -0.4 is 20.1 Å². The molecular weight excluding hydrogens is 448 g/mol. The lowest BCUT2D eigenvalue weighted by Gasteiger charge is -2.15. The number of anilines is 2. The van der Waals surface area contributed by atoms with Crippen molar-refractivity contribution in [3.63, 3.8) is 0 Å². The van der Waals surface area contributed by atoms with E-state index in [1.165, 1.54) is 18.4 Å². The zero-order chi connectivity index (χ0) is 22.7. The predicted molar refractivity (Wildman–Crippen MR) is 128 cm³/mol. The molecule has 3 aromatic rings. The van der Waals surface area contributed by atoms with E-state index in [-0.39, 0.29) is 11.8 Å². The van der Waals surface area contributed by atoms with Gasteiger partial charge in [-0.25, -0.2) is 0 Å². The number of rotatable bonds is 6. The highest BCUT2D eigenvalue weighted by atomic mass is 35.5. The van der Waals surface area contributed by atoms with Crippen molar-refractivity contribution in [2.75, 3.05) is 24.9 Å². The average molecular weight is 471 g/mol. The number of nitrogens with one attached hydrogen (secondary N) is 2. The van der Waals surface area contributed by atoms with Crippen LogP contribution >= 0.6 is 22.9 Å². The molecule has 2 amide bonds. The molecule has 6 nitrogen and oxygen atoms in total. The van der Waals surface area contributed by atoms with Gasteiger partial charge < -0.3 is 20.1 Å². The van der Waals surface area contributed by atoms with Crippen molar-refractivity contribution >= 4 is 45.4 Å². The molecule has 0 bridgehead atoms. The Morgan fingerprint density at radius 3 is 2.41 bits per heavy atom. The van der Waals surface area contributed by atoms with Crippen LogP contribution in [0.15, 0.2) is 42.5 Å². The third kappa shape index (κ3) is 4.59. The number of fused-ring (bicyclic) bond motifs is 1. The summed E-state index contributed by atoms with van der Waals surface area (Å²) in [5, 5.41) is 7.00. The second-order valence-corrected chi connectivity index (χ2v) is 8.94. The lowest BCUT2D eigenvalue weighted by atomic mass is 9.95. The number of carbonyl (C=O) groups is 2. The van der Waals surface area contributed by atoms with E-state index in [4.69, 9.17) is 21.1 Å². The molecule has 8 heteroatoms. The smallest absolute Gasteiger partial charge is 0.259 e. The molecule has 2 N–H and O–H groups in total. The number of benzene rings is 2. The Morgan fingerprint density at radius 2 is 1.69 bits per heavy atom. The minimum atomic E-state index is -0.281. The summed E-state index contributed by atoms with van der Waals surface area (Å²) >= 11 is 7.40. The largest absolute Gasteiger partial charge is 0.497 e. The Balaban J connectivity index is 1.65. The fraction of sp³-hybridized carbons (Fsp3) is 0.250. The fourth-order valence-electron chi connectivity index (χ4n) is 3.76. The van der Waals surface area contributed by atoms with Gasteiger partial charge in [-0.3, -0.25) is 9.59 Å². The molecule has 0 aliphatic heterocycles. The molecule has 2 aromatic carbocycles. The van der Waals surface area contributed by atoms with Crippen molar-refractivity contribution in [3.05, 3.63) is 69.1 Å². The SMILES string of the molecule is COc1ccc(NC(=O)c2c(NC(=O)c3ccc(Cl)cc3)sc3c2CCCC3)c(OC)c1. The highest BCUT2D eigenvalue weighted by Gasteiger charge is 2.27. The van der Waals surface area contributed by atoms with Crippen LogP contribution in [0.4, 0.5) is 10.7 Å². The van der Waals surface area contributed by atoms with Gasteiger partial charge in [-0.2, -0.15) is 0 Å².